The summed E-state index contributed by atoms with van der Waals surface area (Å²) in [7, 11) is -3.68. The molecule has 0 saturated heterocycles. The molecule has 0 unspecified atom stereocenters. The van der Waals surface area contributed by atoms with Crippen molar-refractivity contribution < 1.29 is 23.1 Å². The highest BCUT2D eigenvalue weighted by atomic mass is 79.9. The van der Waals surface area contributed by atoms with Crippen LogP contribution < -0.4 is 10.1 Å². The number of hydrogen-bond acceptors (Lipinski definition) is 7. The molecule has 0 bridgehead atoms. The molecular formula is C24H27BrN4O5S. The van der Waals surface area contributed by atoms with Crippen molar-refractivity contribution in [3.8, 4) is 11.6 Å². The third-order valence-corrected chi connectivity index (χ3v) is 8.03. The number of pyridine rings is 1. The van der Waals surface area contributed by atoms with Crippen molar-refractivity contribution in [2.75, 3.05) is 5.88 Å². The molecule has 1 aliphatic carbocycles. The Hall–Kier alpha value is -2.76. The van der Waals surface area contributed by atoms with E-state index in [2.05, 4.69) is 45.2 Å². The quantitative estimate of drug-likeness (QED) is 0.392. The minimum absolute atomic E-state index is 0.0667. The Morgan fingerprint density at radius 2 is 2.03 bits per heavy atom. The molecule has 9 nitrogen and oxygen atoms in total. The molecule has 0 fully saturated rings. The number of benzene rings is 1. The number of carboxylic acid groups (broad SMARTS) is 1. The van der Waals surface area contributed by atoms with Gasteiger partial charge in [-0.15, -0.1) is 0 Å². The molecule has 186 valence electrons. The first-order chi connectivity index (χ1) is 16.6. The van der Waals surface area contributed by atoms with E-state index in [0.29, 0.717) is 22.6 Å². The summed E-state index contributed by atoms with van der Waals surface area (Å²) >= 11 is 3.37. The summed E-state index contributed by atoms with van der Waals surface area (Å²) in [6, 6.07) is 8.95. The standard InChI is InChI=1S/C24H27BrN4O5S/c1-15(2)16-6-8-17(9-7-16)34-24-20(25)10-18(11-26-24)35(32,33)14-27-21-4-3-5-22-19(21)12-28-29(22)13-23(30)31/h6-12,15,21,27H,3-5,13-14H2,1-2H3,(H,30,31)/t21-/m1/s1. The molecule has 0 spiro atoms. The van der Waals surface area contributed by atoms with Crippen LogP contribution in [0.3, 0.4) is 0 Å². The number of ether oxygens (including phenoxy) is 1. The Labute approximate surface area is 212 Å². The third-order valence-electron chi connectivity index (χ3n) is 5.97. The van der Waals surface area contributed by atoms with E-state index >= 15 is 0 Å². The molecule has 4 rings (SSSR count). The first-order valence-corrected chi connectivity index (χ1v) is 13.7. The number of halogens is 1. The highest BCUT2D eigenvalue weighted by Crippen LogP contribution is 2.32. The Morgan fingerprint density at radius 3 is 2.69 bits per heavy atom. The lowest BCUT2D eigenvalue weighted by molar-refractivity contribution is -0.137. The van der Waals surface area contributed by atoms with Crippen LogP contribution >= 0.6 is 15.9 Å². The second-order valence-electron chi connectivity index (χ2n) is 8.79. The summed E-state index contributed by atoms with van der Waals surface area (Å²) in [5.74, 6) is 0.0415. The van der Waals surface area contributed by atoms with Crippen molar-refractivity contribution in [2.24, 2.45) is 0 Å². The van der Waals surface area contributed by atoms with E-state index in [9.17, 15) is 13.2 Å². The van der Waals surface area contributed by atoms with Crippen LogP contribution in [0, 0.1) is 0 Å². The maximum Gasteiger partial charge on any atom is 0.325 e. The average Bonchev–Trinajstić information content (AvgIpc) is 3.22. The van der Waals surface area contributed by atoms with Crippen molar-refractivity contribution in [1.29, 1.82) is 0 Å². The number of sulfone groups is 1. The van der Waals surface area contributed by atoms with Crippen molar-refractivity contribution in [1.82, 2.24) is 20.1 Å². The lowest BCUT2D eigenvalue weighted by atomic mass is 9.93. The predicted octanol–water partition coefficient (Wildman–Crippen LogP) is 4.44. The first-order valence-electron chi connectivity index (χ1n) is 11.3. The molecule has 2 heterocycles. The van der Waals surface area contributed by atoms with Gasteiger partial charge in [0.15, 0.2) is 9.84 Å². The summed E-state index contributed by atoms with van der Waals surface area (Å²) in [4.78, 5) is 15.3. The number of carboxylic acids is 1. The SMILES string of the molecule is CC(C)c1ccc(Oc2ncc(S(=O)(=O)CN[C@@H]3CCCc4c3cnn4CC(=O)O)cc2Br)cc1. The topological polar surface area (TPSA) is 123 Å². The van der Waals surface area contributed by atoms with Crippen LogP contribution in [-0.4, -0.2) is 40.1 Å². The van der Waals surface area contributed by atoms with E-state index in [1.54, 1.807) is 6.20 Å². The Bertz CT molecular complexity index is 1320. The largest absolute Gasteiger partial charge is 0.480 e. The Balaban J connectivity index is 1.44. The van der Waals surface area contributed by atoms with E-state index in [4.69, 9.17) is 9.84 Å². The van der Waals surface area contributed by atoms with E-state index in [0.717, 1.165) is 24.1 Å². The molecule has 2 N–H and O–H groups in total. The molecule has 0 aliphatic heterocycles. The molecule has 11 heteroatoms. The number of aliphatic carboxylic acids is 1. The minimum atomic E-state index is -3.68. The fourth-order valence-electron chi connectivity index (χ4n) is 4.07. The molecule has 3 aromatic rings. The second-order valence-corrected chi connectivity index (χ2v) is 11.6. The van der Waals surface area contributed by atoms with Gasteiger partial charge in [0.05, 0.1) is 15.6 Å². The van der Waals surface area contributed by atoms with Gasteiger partial charge in [-0.25, -0.2) is 13.4 Å². The van der Waals surface area contributed by atoms with Crippen LogP contribution in [0.5, 0.6) is 11.6 Å². The molecule has 1 atom stereocenters. The fraction of sp³-hybridized carbons (Fsp3) is 0.375. The average molecular weight is 563 g/mol. The number of nitrogens with one attached hydrogen (secondary N) is 1. The highest BCUT2D eigenvalue weighted by Gasteiger charge is 2.27. The lowest BCUT2D eigenvalue weighted by Gasteiger charge is -2.24. The molecule has 0 amide bonds. The number of nitrogens with zero attached hydrogens (tertiary/aromatic N) is 3. The summed E-state index contributed by atoms with van der Waals surface area (Å²) in [6.45, 7) is 4.01. The van der Waals surface area contributed by atoms with Gasteiger partial charge in [0.2, 0.25) is 5.88 Å². The molecule has 35 heavy (non-hydrogen) atoms. The number of aromatic nitrogens is 3. The maximum absolute atomic E-state index is 13.0. The fourth-order valence-corrected chi connectivity index (χ4v) is 5.75. The Kier molecular flexibility index (Phi) is 7.58. The summed E-state index contributed by atoms with van der Waals surface area (Å²) in [6.07, 6.45) is 5.18. The third kappa shape index (κ3) is 5.91. The van der Waals surface area contributed by atoms with Crippen LogP contribution in [0.1, 0.15) is 55.5 Å². The van der Waals surface area contributed by atoms with Gasteiger partial charge in [0.25, 0.3) is 0 Å². The zero-order valence-corrected chi connectivity index (χ0v) is 21.8. The van der Waals surface area contributed by atoms with Crippen molar-refractivity contribution in [3.05, 3.63) is 64.0 Å². The van der Waals surface area contributed by atoms with E-state index in [1.165, 1.54) is 22.5 Å². The smallest absolute Gasteiger partial charge is 0.325 e. The molecule has 1 aliphatic rings. The molecule has 1 aromatic carbocycles. The molecular weight excluding hydrogens is 536 g/mol. The van der Waals surface area contributed by atoms with Gasteiger partial charge in [0.1, 0.15) is 18.2 Å². The number of carbonyl (C=O) groups is 1. The van der Waals surface area contributed by atoms with Gasteiger partial charge in [-0.2, -0.15) is 5.10 Å². The van der Waals surface area contributed by atoms with Gasteiger partial charge < -0.3 is 9.84 Å². The van der Waals surface area contributed by atoms with Gasteiger partial charge in [-0.05, 0) is 64.9 Å². The highest BCUT2D eigenvalue weighted by molar-refractivity contribution is 9.10. The van der Waals surface area contributed by atoms with Crippen LogP contribution in [0.25, 0.3) is 0 Å². The van der Waals surface area contributed by atoms with E-state index in [1.807, 2.05) is 24.3 Å². The zero-order chi connectivity index (χ0) is 25.2. The minimum Gasteiger partial charge on any atom is -0.480 e. The van der Waals surface area contributed by atoms with Crippen molar-refractivity contribution >= 4 is 31.7 Å². The second kappa shape index (κ2) is 10.5. The van der Waals surface area contributed by atoms with Crippen LogP contribution in [0.4, 0.5) is 0 Å². The Morgan fingerprint density at radius 1 is 1.29 bits per heavy atom. The lowest BCUT2D eigenvalue weighted by Crippen LogP contribution is -2.30. The maximum atomic E-state index is 13.0. The van der Waals surface area contributed by atoms with Crippen molar-refractivity contribution in [3.63, 3.8) is 0 Å². The van der Waals surface area contributed by atoms with Crippen LogP contribution in [0.2, 0.25) is 0 Å². The zero-order valence-electron chi connectivity index (χ0n) is 19.4. The monoisotopic (exact) mass is 562 g/mol. The molecule has 0 saturated carbocycles. The summed E-state index contributed by atoms with van der Waals surface area (Å²) in [5.41, 5.74) is 2.87. The van der Waals surface area contributed by atoms with Crippen molar-refractivity contribution in [2.45, 2.75) is 56.5 Å². The van der Waals surface area contributed by atoms with Gasteiger partial charge >= 0.3 is 5.97 Å². The number of hydrogen-bond donors (Lipinski definition) is 2. The summed E-state index contributed by atoms with van der Waals surface area (Å²) < 4.78 is 33.7. The van der Waals surface area contributed by atoms with Gasteiger partial charge in [-0.1, -0.05) is 26.0 Å². The summed E-state index contributed by atoms with van der Waals surface area (Å²) in [5, 5.41) is 16.4. The van der Waals surface area contributed by atoms with E-state index in [-0.39, 0.29) is 29.2 Å². The van der Waals surface area contributed by atoms with E-state index < -0.39 is 15.8 Å². The number of fused-ring (bicyclic) bond motifs is 1. The number of rotatable bonds is 9. The van der Waals surface area contributed by atoms with Gasteiger partial charge in [0, 0.05) is 23.5 Å². The molecule has 0 radical (unpaired) electrons. The van der Waals surface area contributed by atoms with Crippen LogP contribution in [0.15, 0.2) is 52.1 Å². The molecule has 2 aromatic heterocycles. The van der Waals surface area contributed by atoms with Gasteiger partial charge in [-0.3, -0.25) is 14.8 Å². The van der Waals surface area contributed by atoms with Crippen LogP contribution in [-0.2, 0) is 27.6 Å². The first kappa shape index (κ1) is 25.3. The normalized spacial score (nSPS) is 15.7. The predicted molar refractivity (Wildman–Crippen MR) is 133 cm³/mol.